The van der Waals surface area contributed by atoms with Crippen molar-refractivity contribution in [2.45, 2.75) is 5.44 Å². The lowest BCUT2D eigenvalue weighted by Gasteiger charge is -2.15. The number of aliphatic hydroxyl groups excluding tert-OH is 1. The summed E-state index contributed by atoms with van der Waals surface area (Å²) < 4.78 is 31.8. The third-order valence-electron chi connectivity index (χ3n) is 4.11. The summed E-state index contributed by atoms with van der Waals surface area (Å²) in [5.41, 5.74) is -1.76. The van der Waals surface area contributed by atoms with Gasteiger partial charge in [-0.05, 0) is 32.3 Å². The van der Waals surface area contributed by atoms with Gasteiger partial charge in [-0.15, -0.1) is 0 Å². The van der Waals surface area contributed by atoms with Gasteiger partial charge < -0.3 is 5.11 Å². The van der Waals surface area contributed by atoms with Crippen LogP contribution in [0.5, 0.6) is 0 Å². The summed E-state index contributed by atoms with van der Waals surface area (Å²) >= 11 is 0. The minimum absolute atomic E-state index is 0.188. The van der Waals surface area contributed by atoms with Crippen LogP contribution >= 0.6 is 0 Å². The van der Waals surface area contributed by atoms with E-state index in [1.54, 1.807) is 18.2 Å². The molecule has 0 bridgehead atoms. The van der Waals surface area contributed by atoms with Gasteiger partial charge in [0.15, 0.2) is 0 Å². The second kappa shape index (κ2) is 4.39. The molecule has 0 spiro atoms. The molecule has 0 radical (unpaired) electrons. The van der Waals surface area contributed by atoms with Gasteiger partial charge in [-0.25, -0.2) is 0 Å². The number of hydrogen-bond acceptors (Lipinski definition) is 3. The zero-order valence-electron chi connectivity index (χ0n) is 11.4. The third-order valence-corrected chi connectivity index (χ3v) is 4.93. The van der Waals surface area contributed by atoms with E-state index in [-0.39, 0.29) is 5.56 Å². The molecule has 110 valence electrons. The molecule has 0 saturated heterocycles. The summed E-state index contributed by atoms with van der Waals surface area (Å²) in [7, 11) is -4.57. The zero-order valence-corrected chi connectivity index (χ0v) is 12.2. The van der Waals surface area contributed by atoms with Crippen LogP contribution in [-0.4, -0.2) is 18.1 Å². The van der Waals surface area contributed by atoms with Crippen LogP contribution in [0, 0.1) is 0 Å². The molecule has 0 amide bonds. The Balaban J connectivity index is 2.22. The van der Waals surface area contributed by atoms with Crippen molar-refractivity contribution in [2.75, 3.05) is 0 Å². The molecule has 0 aliphatic rings. The highest BCUT2D eigenvalue weighted by atomic mass is 32.2. The molecular formula is C17H12O4S. The maximum absolute atomic E-state index is 11.3. The summed E-state index contributed by atoms with van der Waals surface area (Å²) in [6.07, 6.45) is 0. The minimum atomic E-state index is -4.57. The van der Waals surface area contributed by atoms with Gasteiger partial charge in [0.25, 0.3) is 10.1 Å². The number of aliphatic hydroxyl groups is 1. The molecule has 1 atom stereocenters. The Morgan fingerprint density at radius 3 is 1.95 bits per heavy atom. The molecule has 0 aromatic heterocycles. The van der Waals surface area contributed by atoms with E-state index < -0.39 is 15.6 Å². The largest absolute Gasteiger partial charge is 0.371 e. The Morgan fingerprint density at radius 1 is 0.773 bits per heavy atom. The molecule has 4 aromatic rings. The summed E-state index contributed by atoms with van der Waals surface area (Å²) in [5.74, 6) is 0. The lowest BCUT2D eigenvalue weighted by Crippen LogP contribution is -2.11. The lowest BCUT2D eigenvalue weighted by atomic mass is 9.92. The van der Waals surface area contributed by atoms with Crippen molar-refractivity contribution in [3.8, 4) is 0 Å². The van der Waals surface area contributed by atoms with Crippen LogP contribution in [0.4, 0.5) is 0 Å². The fraction of sp³-hybridized carbons (Fsp3) is 0.0588. The SMILES string of the molecule is O=S(=O)(O)[C@@H](O)c1ccc2ccc3cccc4ccc1c2c34. The van der Waals surface area contributed by atoms with Gasteiger partial charge in [0.2, 0.25) is 5.44 Å². The van der Waals surface area contributed by atoms with Gasteiger partial charge in [0, 0.05) is 5.56 Å². The topological polar surface area (TPSA) is 74.6 Å². The third kappa shape index (κ3) is 1.80. The van der Waals surface area contributed by atoms with Crippen molar-refractivity contribution < 1.29 is 18.1 Å². The van der Waals surface area contributed by atoms with E-state index >= 15 is 0 Å². The Labute approximate surface area is 126 Å². The summed E-state index contributed by atoms with van der Waals surface area (Å²) in [6.45, 7) is 0. The average Bonchev–Trinajstić information content (AvgIpc) is 2.51. The van der Waals surface area contributed by atoms with Crippen LogP contribution < -0.4 is 0 Å². The van der Waals surface area contributed by atoms with Gasteiger partial charge in [0.05, 0.1) is 0 Å². The van der Waals surface area contributed by atoms with Crippen LogP contribution in [0.2, 0.25) is 0 Å². The highest BCUT2D eigenvalue weighted by Crippen LogP contribution is 2.38. The second-order valence-electron chi connectivity index (χ2n) is 5.38. The smallest absolute Gasteiger partial charge is 0.296 e. The van der Waals surface area contributed by atoms with Gasteiger partial charge in [-0.1, -0.05) is 54.6 Å². The van der Waals surface area contributed by atoms with E-state index in [2.05, 4.69) is 0 Å². The molecular weight excluding hydrogens is 300 g/mol. The molecule has 4 nitrogen and oxygen atoms in total. The Morgan fingerprint density at radius 2 is 1.32 bits per heavy atom. The Kier molecular flexibility index (Phi) is 2.69. The molecule has 0 fully saturated rings. The van der Waals surface area contributed by atoms with Gasteiger partial charge >= 0.3 is 0 Å². The second-order valence-corrected chi connectivity index (χ2v) is 6.85. The van der Waals surface area contributed by atoms with Gasteiger partial charge in [-0.3, -0.25) is 4.55 Å². The van der Waals surface area contributed by atoms with E-state index in [0.717, 1.165) is 26.9 Å². The standard InChI is InChI=1S/C17H12O4S/c18-17(22(19,20)21)14-9-7-12-5-4-10-2-1-3-11-6-8-13(14)16(12)15(10)11/h1-9,17-18H,(H,19,20,21)/t17-/m1/s1. The van der Waals surface area contributed by atoms with Crippen LogP contribution in [0.1, 0.15) is 11.0 Å². The van der Waals surface area contributed by atoms with Crippen LogP contribution in [0.3, 0.4) is 0 Å². The fourth-order valence-electron chi connectivity index (χ4n) is 3.13. The van der Waals surface area contributed by atoms with Gasteiger partial charge in [-0.2, -0.15) is 8.42 Å². The van der Waals surface area contributed by atoms with E-state index in [4.69, 9.17) is 4.55 Å². The number of hydrogen-bond donors (Lipinski definition) is 2. The zero-order chi connectivity index (χ0) is 15.5. The van der Waals surface area contributed by atoms with Crippen molar-refractivity contribution in [1.82, 2.24) is 0 Å². The number of benzene rings is 4. The molecule has 0 aliphatic carbocycles. The maximum Gasteiger partial charge on any atom is 0.296 e. The molecule has 0 saturated carbocycles. The first-order valence-electron chi connectivity index (χ1n) is 6.77. The predicted molar refractivity (Wildman–Crippen MR) is 86.7 cm³/mol. The highest BCUT2D eigenvalue weighted by molar-refractivity contribution is 7.85. The fourth-order valence-corrected chi connectivity index (χ4v) is 3.66. The van der Waals surface area contributed by atoms with Crippen molar-refractivity contribution in [3.63, 3.8) is 0 Å². The van der Waals surface area contributed by atoms with Crippen molar-refractivity contribution in [3.05, 3.63) is 60.2 Å². The van der Waals surface area contributed by atoms with Crippen LogP contribution in [-0.2, 0) is 10.1 Å². The van der Waals surface area contributed by atoms with E-state index in [9.17, 15) is 13.5 Å². The molecule has 22 heavy (non-hydrogen) atoms. The van der Waals surface area contributed by atoms with Crippen molar-refractivity contribution >= 4 is 42.4 Å². The van der Waals surface area contributed by atoms with Gasteiger partial charge in [0.1, 0.15) is 0 Å². The average molecular weight is 312 g/mol. The Hall–Kier alpha value is -2.21. The first-order valence-corrected chi connectivity index (χ1v) is 8.28. The quantitative estimate of drug-likeness (QED) is 0.439. The summed E-state index contributed by atoms with van der Waals surface area (Å²) in [6, 6.07) is 16.9. The molecule has 0 heterocycles. The van der Waals surface area contributed by atoms with Crippen molar-refractivity contribution in [1.29, 1.82) is 0 Å². The van der Waals surface area contributed by atoms with E-state index in [1.165, 1.54) is 0 Å². The van der Waals surface area contributed by atoms with Crippen LogP contribution in [0.15, 0.2) is 54.6 Å². The molecule has 4 rings (SSSR count). The number of rotatable bonds is 2. The normalized spacial score (nSPS) is 14.1. The summed E-state index contributed by atoms with van der Waals surface area (Å²) in [4.78, 5) is 0. The Bertz CT molecular complexity index is 1100. The molecule has 5 heteroatoms. The lowest BCUT2D eigenvalue weighted by molar-refractivity contribution is 0.240. The monoisotopic (exact) mass is 312 g/mol. The first kappa shape index (κ1) is 13.5. The minimum Gasteiger partial charge on any atom is -0.371 e. The molecule has 2 N–H and O–H groups in total. The van der Waals surface area contributed by atoms with Crippen LogP contribution in [0.25, 0.3) is 32.3 Å². The molecule has 0 unspecified atom stereocenters. The predicted octanol–water partition coefficient (Wildman–Crippen LogP) is 3.46. The maximum atomic E-state index is 11.3. The van der Waals surface area contributed by atoms with Crippen molar-refractivity contribution in [2.24, 2.45) is 0 Å². The first-order chi connectivity index (χ1) is 10.5. The van der Waals surface area contributed by atoms with E-state index in [0.29, 0.717) is 5.39 Å². The molecule has 0 aliphatic heterocycles. The highest BCUT2D eigenvalue weighted by Gasteiger charge is 2.24. The summed E-state index contributed by atoms with van der Waals surface area (Å²) in [5, 5.41) is 15.6. The van der Waals surface area contributed by atoms with E-state index in [1.807, 2.05) is 36.4 Å². The molecule has 4 aromatic carbocycles.